The van der Waals surface area contributed by atoms with Crippen LogP contribution in [0.15, 0.2) is 28.7 Å². The first kappa shape index (κ1) is 13.6. The number of carbonyl (C=O) groups excluding carboxylic acids is 2. The quantitative estimate of drug-likeness (QED) is 0.918. The predicted molar refractivity (Wildman–Crippen MR) is 78.8 cm³/mol. The average molecular weight is 337 g/mol. The van der Waals surface area contributed by atoms with Gasteiger partial charge in [-0.05, 0) is 43.4 Å². The average Bonchev–Trinajstić information content (AvgIpc) is 3.23. The minimum absolute atomic E-state index is 0.0449. The SMILES string of the molecule is CC1C(=O)NC(C2CC2)C(=O)N1Cc1cccc(Br)c1. The second-order valence-electron chi connectivity index (χ2n) is 5.60. The van der Waals surface area contributed by atoms with E-state index in [1.54, 1.807) is 11.8 Å². The maximum atomic E-state index is 12.6. The van der Waals surface area contributed by atoms with Crippen molar-refractivity contribution in [3.63, 3.8) is 0 Å². The van der Waals surface area contributed by atoms with Crippen molar-refractivity contribution in [1.29, 1.82) is 0 Å². The molecule has 106 valence electrons. The van der Waals surface area contributed by atoms with Gasteiger partial charge in [0.25, 0.3) is 0 Å². The van der Waals surface area contributed by atoms with Gasteiger partial charge in [0.05, 0.1) is 0 Å². The van der Waals surface area contributed by atoms with Crippen LogP contribution in [-0.2, 0) is 16.1 Å². The van der Waals surface area contributed by atoms with E-state index in [1.165, 1.54) is 0 Å². The fraction of sp³-hybridized carbons (Fsp3) is 0.467. The van der Waals surface area contributed by atoms with Crippen molar-refractivity contribution in [3.05, 3.63) is 34.3 Å². The molecule has 2 atom stereocenters. The first-order valence-corrected chi connectivity index (χ1v) is 7.71. The molecule has 3 rings (SSSR count). The molecular weight excluding hydrogens is 320 g/mol. The topological polar surface area (TPSA) is 49.4 Å². The Balaban J connectivity index is 1.81. The molecule has 1 aliphatic carbocycles. The number of piperazine rings is 1. The van der Waals surface area contributed by atoms with Gasteiger partial charge in [-0.25, -0.2) is 0 Å². The summed E-state index contributed by atoms with van der Waals surface area (Å²) in [6.07, 6.45) is 2.07. The summed E-state index contributed by atoms with van der Waals surface area (Å²) in [5.41, 5.74) is 1.03. The van der Waals surface area contributed by atoms with E-state index in [4.69, 9.17) is 0 Å². The van der Waals surface area contributed by atoms with Gasteiger partial charge in [0.15, 0.2) is 0 Å². The molecule has 0 aromatic heterocycles. The normalized spacial score (nSPS) is 26.6. The summed E-state index contributed by atoms with van der Waals surface area (Å²) in [4.78, 5) is 26.3. The molecule has 0 radical (unpaired) electrons. The van der Waals surface area contributed by atoms with Crippen molar-refractivity contribution in [2.75, 3.05) is 0 Å². The van der Waals surface area contributed by atoms with Crippen LogP contribution in [0.4, 0.5) is 0 Å². The van der Waals surface area contributed by atoms with Crippen LogP contribution in [0.2, 0.25) is 0 Å². The molecular formula is C15H17BrN2O2. The lowest BCUT2D eigenvalue weighted by Gasteiger charge is -2.37. The smallest absolute Gasteiger partial charge is 0.246 e. The summed E-state index contributed by atoms with van der Waals surface area (Å²) in [5.74, 6) is 0.347. The summed E-state index contributed by atoms with van der Waals surface area (Å²) < 4.78 is 0.982. The first-order chi connectivity index (χ1) is 9.56. The molecule has 2 fully saturated rings. The third-order valence-electron chi connectivity index (χ3n) is 4.03. The lowest BCUT2D eigenvalue weighted by atomic mass is 10.0. The summed E-state index contributed by atoms with van der Waals surface area (Å²) in [6, 6.07) is 7.13. The van der Waals surface area contributed by atoms with Gasteiger partial charge in [-0.2, -0.15) is 0 Å². The molecule has 1 saturated heterocycles. The lowest BCUT2D eigenvalue weighted by molar-refractivity contribution is -0.149. The van der Waals surface area contributed by atoms with Crippen LogP contribution >= 0.6 is 15.9 Å². The van der Waals surface area contributed by atoms with Gasteiger partial charge >= 0.3 is 0 Å². The van der Waals surface area contributed by atoms with Gasteiger partial charge in [0, 0.05) is 11.0 Å². The standard InChI is InChI=1S/C15H17BrN2O2/c1-9-14(19)17-13(11-5-6-11)15(20)18(9)8-10-3-2-4-12(16)7-10/h2-4,7,9,11,13H,5-6,8H2,1H3,(H,17,19). The van der Waals surface area contributed by atoms with Gasteiger partial charge < -0.3 is 10.2 Å². The summed E-state index contributed by atoms with van der Waals surface area (Å²) >= 11 is 3.43. The molecule has 1 aromatic rings. The van der Waals surface area contributed by atoms with Gasteiger partial charge in [-0.1, -0.05) is 28.1 Å². The molecule has 2 unspecified atom stereocenters. The Morgan fingerprint density at radius 3 is 2.75 bits per heavy atom. The molecule has 20 heavy (non-hydrogen) atoms. The predicted octanol–water partition coefficient (Wildman–Crippen LogP) is 2.07. The third kappa shape index (κ3) is 2.59. The number of hydrogen-bond donors (Lipinski definition) is 1. The summed E-state index contributed by atoms with van der Waals surface area (Å²) in [6.45, 7) is 2.27. The van der Waals surface area contributed by atoms with Gasteiger partial charge in [0.2, 0.25) is 11.8 Å². The minimum atomic E-state index is -0.406. The number of nitrogens with one attached hydrogen (secondary N) is 1. The highest BCUT2D eigenvalue weighted by atomic mass is 79.9. The second kappa shape index (κ2) is 5.20. The number of benzene rings is 1. The zero-order chi connectivity index (χ0) is 14.3. The molecule has 0 spiro atoms. The van der Waals surface area contributed by atoms with Gasteiger partial charge in [0.1, 0.15) is 12.1 Å². The van der Waals surface area contributed by atoms with Crippen molar-refractivity contribution in [3.8, 4) is 0 Å². The summed E-state index contributed by atoms with van der Waals surface area (Å²) in [7, 11) is 0. The molecule has 1 N–H and O–H groups in total. The first-order valence-electron chi connectivity index (χ1n) is 6.91. The molecule has 1 saturated carbocycles. The van der Waals surface area contributed by atoms with Crippen LogP contribution in [0.3, 0.4) is 0 Å². The highest BCUT2D eigenvalue weighted by Crippen LogP contribution is 2.35. The maximum Gasteiger partial charge on any atom is 0.246 e. The molecule has 1 heterocycles. The monoisotopic (exact) mass is 336 g/mol. The molecule has 2 aliphatic rings. The van der Waals surface area contributed by atoms with Crippen molar-refractivity contribution < 1.29 is 9.59 Å². The van der Waals surface area contributed by atoms with E-state index in [-0.39, 0.29) is 17.9 Å². The number of rotatable bonds is 3. The van der Waals surface area contributed by atoms with Crippen LogP contribution in [0.1, 0.15) is 25.3 Å². The number of carbonyl (C=O) groups is 2. The highest BCUT2D eigenvalue weighted by molar-refractivity contribution is 9.10. The number of nitrogens with zero attached hydrogens (tertiary/aromatic N) is 1. The van der Waals surface area contributed by atoms with Crippen LogP contribution in [0, 0.1) is 5.92 Å². The second-order valence-corrected chi connectivity index (χ2v) is 6.51. The molecule has 0 bridgehead atoms. The number of hydrogen-bond acceptors (Lipinski definition) is 2. The van der Waals surface area contributed by atoms with E-state index in [0.717, 1.165) is 22.9 Å². The molecule has 5 heteroatoms. The van der Waals surface area contributed by atoms with E-state index in [2.05, 4.69) is 21.2 Å². The Morgan fingerprint density at radius 1 is 1.35 bits per heavy atom. The Kier molecular flexibility index (Phi) is 3.54. The van der Waals surface area contributed by atoms with E-state index in [0.29, 0.717) is 12.5 Å². The molecule has 1 aliphatic heterocycles. The zero-order valence-electron chi connectivity index (χ0n) is 11.3. The molecule has 1 aromatic carbocycles. The fourth-order valence-corrected chi connectivity index (χ4v) is 3.09. The van der Waals surface area contributed by atoms with Crippen molar-refractivity contribution >= 4 is 27.7 Å². The zero-order valence-corrected chi connectivity index (χ0v) is 12.9. The van der Waals surface area contributed by atoms with Crippen molar-refractivity contribution in [2.45, 2.75) is 38.4 Å². The third-order valence-corrected chi connectivity index (χ3v) is 4.52. The van der Waals surface area contributed by atoms with E-state index < -0.39 is 6.04 Å². The minimum Gasteiger partial charge on any atom is -0.342 e. The van der Waals surface area contributed by atoms with Crippen LogP contribution in [0.25, 0.3) is 0 Å². The molecule has 4 nitrogen and oxygen atoms in total. The number of halogens is 1. The van der Waals surface area contributed by atoms with E-state index >= 15 is 0 Å². The van der Waals surface area contributed by atoms with E-state index in [9.17, 15) is 9.59 Å². The van der Waals surface area contributed by atoms with Gasteiger partial charge in [-0.3, -0.25) is 9.59 Å². The Bertz CT molecular complexity index is 557. The van der Waals surface area contributed by atoms with Crippen LogP contribution in [0.5, 0.6) is 0 Å². The van der Waals surface area contributed by atoms with E-state index in [1.807, 2.05) is 24.3 Å². The van der Waals surface area contributed by atoms with Crippen LogP contribution in [-0.4, -0.2) is 28.8 Å². The van der Waals surface area contributed by atoms with Crippen LogP contribution < -0.4 is 5.32 Å². The van der Waals surface area contributed by atoms with Gasteiger partial charge in [-0.15, -0.1) is 0 Å². The molecule has 2 amide bonds. The van der Waals surface area contributed by atoms with Crippen molar-refractivity contribution in [1.82, 2.24) is 10.2 Å². The summed E-state index contributed by atoms with van der Waals surface area (Å²) in [5, 5.41) is 2.87. The lowest BCUT2D eigenvalue weighted by Crippen LogP contribution is -2.62. The Labute approximate surface area is 126 Å². The fourth-order valence-electron chi connectivity index (χ4n) is 2.64. The Hall–Kier alpha value is -1.36. The van der Waals surface area contributed by atoms with Crippen molar-refractivity contribution in [2.24, 2.45) is 5.92 Å². The maximum absolute atomic E-state index is 12.6. The largest absolute Gasteiger partial charge is 0.342 e. The number of amides is 2. The Morgan fingerprint density at radius 2 is 2.10 bits per heavy atom. The highest BCUT2D eigenvalue weighted by Gasteiger charge is 2.45.